The van der Waals surface area contributed by atoms with Gasteiger partial charge in [0.25, 0.3) is 0 Å². The number of aromatic nitrogens is 2. The zero-order valence-electron chi connectivity index (χ0n) is 15.8. The van der Waals surface area contributed by atoms with Crippen LogP contribution in [0.3, 0.4) is 0 Å². The smallest absolute Gasteiger partial charge is 0.0820 e. The lowest BCUT2D eigenvalue weighted by molar-refractivity contribution is 1.16. The Balaban J connectivity index is 1.49. The minimum atomic E-state index is 0.859. The molecule has 2 nitrogen and oxygen atoms in total. The molecule has 30 heavy (non-hydrogen) atoms. The van der Waals surface area contributed by atoms with Gasteiger partial charge in [-0.1, -0.05) is 24.3 Å². The second kappa shape index (κ2) is 9.02. The Hall–Kier alpha value is -2.64. The minimum absolute atomic E-state index is 0.859. The maximum absolute atomic E-state index is 4.69. The van der Waals surface area contributed by atoms with E-state index in [9.17, 15) is 0 Å². The van der Waals surface area contributed by atoms with E-state index in [1.54, 1.807) is 45.3 Å². The third kappa shape index (κ3) is 4.27. The third-order valence-corrected chi connectivity index (χ3v) is 8.04. The van der Waals surface area contributed by atoms with Crippen molar-refractivity contribution in [3.05, 3.63) is 113 Å². The summed E-state index contributed by atoms with van der Waals surface area (Å²) in [4.78, 5) is 14.3. The van der Waals surface area contributed by atoms with Gasteiger partial charge in [-0.2, -0.15) is 0 Å². The molecule has 0 aromatic carbocycles. The maximum Gasteiger partial charge on any atom is 0.0820 e. The summed E-state index contributed by atoms with van der Waals surface area (Å²) in [5.74, 6) is 0. The molecule has 0 aliphatic carbocycles. The van der Waals surface area contributed by atoms with Crippen LogP contribution in [0, 0.1) is 0 Å². The molecule has 5 aromatic heterocycles. The lowest BCUT2D eigenvalue weighted by Gasteiger charge is -2.04. The maximum atomic E-state index is 4.69. The molecule has 0 bridgehead atoms. The Morgan fingerprint density at radius 3 is 1.10 bits per heavy atom. The monoisotopic (exact) mass is 460 g/mol. The highest BCUT2D eigenvalue weighted by molar-refractivity contribution is 7.14. The molecule has 0 atom stereocenters. The van der Waals surface area contributed by atoms with E-state index in [1.807, 2.05) is 12.4 Å². The van der Waals surface area contributed by atoms with Gasteiger partial charge in [0.15, 0.2) is 0 Å². The largest absolute Gasteiger partial charge is 0.253 e. The van der Waals surface area contributed by atoms with Gasteiger partial charge in [-0.15, -0.1) is 45.3 Å². The summed E-state index contributed by atoms with van der Waals surface area (Å²) in [5, 5.41) is 8.42. The standard InChI is InChI=1S/C24H16N2S4/c1-5-21(27-9-1)19(22-6-2-10-28-22)13-17-15-26-18(16-25-17)14-20(23-7-3-11-29-23)24-8-4-12-30-24/h1-16H. The number of nitrogens with zero attached hydrogens (tertiary/aromatic N) is 2. The second-order valence-electron chi connectivity index (χ2n) is 6.39. The van der Waals surface area contributed by atoms with E-state index in [4.69, 9.17) is 0 Å². The average molecular weight is 461 g/mol. The lowest BCUT2D eigenvalue weighted by atomic mass is 10.1. The van der Waals surface area contributed by atoms with Crippen LogP contribution in [-0.2, 0) is 0 Å². The van der Waals surface area contributed by atoms with Gasteiger partial charge < -0.3 is 0 Å². The van der Waals surface area contributed by atoms with Gasteiger partial charge in [0.05, 0.1) is 23.8 Å². The van der Waals surface area contributed by atoms with Crippen molar-refractivity contribution >= 4 is 68.6 Å². The predicted octanol–water partition coefficient (Wildman–Crippen LogP) is 7.90. The van der Waals surface area contributed by atoms with Crippen LogP contribution in [0.5, 0.6) is 0 Å². The van der Waals surface area contributed by atoms with E-state index in [0.29, 0.717) is 0 Å². The summed E-state index contributed by atoms with van der Waals surface area (Å²) in [6.07, 6.45) is 7.95. The van der Waals surface area contributed by atoms with Gasteiger partial charge in [-0.05, 0) is 57.9 Å². The zero-order chi connectivity index (χ0) is 20.2. The highest BCUT2D eigenvalue weighted by Gasteiger charge is 2.10. The molecule has 0 saturated carbocycles. The molecule has 146 valence electrons. The molecule has 0 saturated heterocycles. The molecule has 0 N–H and O–H groups in total. The number of rotatable bonds is 6. The van der Waals surface area contributed by atoms with Gasteiger partial charge in [0.2, 0.25) is 0 Å². The molecule has 0 aliphatic rings. The van der Waals surface area contributed by atoms with Gasteiger partial charge in [0.1, 0.15) is 0 Å². The summed E-state index contributed by atoms with van der Waals surface area (Å²) in [6.45, 7) is 0. The van der Waals surface area contributed by atoms with Gasteiger partial charge in [0, 0.05) is 30.7 Å². The van der Waals surface area contributed by atoms with Crippen LogP contribution in [-0.4, -0.2) is 9.97 Å². The van der Waals surface area contributed by atoms with Crippen LogP contribution in [0.15, 0.2) is 82.4 Å². The highest BCUT2D eigenvalue weighted by Crippen LogP contribution is 2.33. The Kier molecular flexibility index (Phi) is 5.81. The van der Waals surface area contributed by atoms with Crippen molar-refractivity contribution in [2.24, 2.45) is 0 Å². The number of hydrogen-bond donors (Lipinski definition) is 0. The molecule has 5 rings (SSSR count). The summed E-state index contributed by atoms with van der Waals surface area (Å²) in [7, 11) is 0. The first kappa shape index (κ1) is 19.3. The molecule has 0 radical (unpaired) electrons. The molecule has 0 fully saturated rings. The SMILES string of the molecule is C(=C(c1cccs1)c1cccs1)c1cnc(C=C(c2cccs2)c2cccs2)cn1. The molecule has 6 heteroatoms. The molecule has 0 amide bonds. The van der Waals surface area contributed by atoms with Crippen LogP contribution in [0.4, 0.5) is 0 Å². The van der Waals surface area contributed by atoms with E-state index in [-0.39, 0.29) is 0 Å². The normalized spacial score (nSPS) is 10.7. The van der Waals surface area contributed by atoms with E-state index >= 15 is 0 Å². The summed E-state index contributed by atoms with van der Waals surface area (Å²) >= 11 is 6.96. The number of thiophene rings is 4. The van der Waals surface area contributed by atoms with Gasteiger partial charge in [-0.25, -0.2) is 0 Å². The van der Waals surface area contributed by atoms with Crippen molar-refractivity contribution in [1.29, 1.82) is 0 Å². The van der Waals surface area contributed by atoms with Crippen molar-refractivity contribution in [3.8, 4) is 0 Å². The molecule has 0 unspecified atom stereocenters. The molecular formula is C24H16N2S4. The van der Waals surface area contributed by atoms with Crippen LogP contribution in [0.25, 0.3) is 23.3 Å². The first-order valence-corrected chi connectivity index (χ1v) is 12.8. The number of hydrogen-bond acceptors (Lipinski definition) is 6. The van der Waals surface area contributed by atoms with Gasteiger partial charge >= 0.3 is 0 Å². The van der Waals surface area contributed by atoms with Crippen LogP contribution in [0.1, 0.15) is 30.9 Å². The van der Waals surface area contributed by atoms with Crippen LogP contribution < -0.4 is 0 Å². The van der Waals surface area contributed by atoms with E-state index in [0.717, 1.165) is 11.4 Å². The van der Waals surface area contributed by atoms with Crippen molar-refractivity contribution in [3.63, 3.8) is 0 Å². The van der Waals surface area contributed by atoms with Crippen molar-refractivity contribution in [2.45, 2.75) is 0 Å². The Bertz CT molecular complexity index is 1070. The Morgan fingerprint density at radius 1 is 0.533 bits per heavy atom. The first-order chi connectivity index (χ1) is 14.9. The van der Waals surface area contributed by atoms with Crippen molar-refractivity contribution < 1.29 is 0 Å². The first-order valence-electron chi connectivity index (χ1n) is 9.28. The highest BCUT2D eigenvalue weighted by atomic mass is 32.1. The summed E-state index contributed by atoms with van der Waals surface area (Å²) in [5.41, 5.74) is 4.10. The van der Waals surface area contributed by atoms with Crippen LogP contribution >= 0.6 is 45.3 Å². The molecule has 5 aromatic rings. The molecule has 0 spiro atoms. The van der Waals surface area contributed by atoms with Gasteiger partial charge in [-0.3, -0.25) is 9.97 Å². The van der Waals surface area contributed by atoms with Crippen molar-refractivity contribution in [2.75, 3.05) is 0 Å². The fourth-order valence-electron chi connectivity index (χ4n) is 3.05. The van der Waals surface area contributed by atoms with E-state index < -0.39 is 0 Å². The molecule has 5 heterocycles. The third-order valence-electron chi connectivity index (χ3n) is 4.42. The minimum Gasteiger partial charge on any atom is -0.253 e. The average Bonchev–Trinajstić information content (AvgIpc) is 3.60. The Labute approximate surface area is 191 Å². The Morgan fingerprint density at radius 2 is 0.867 bits per heavy atom. The fraction of sp³-hybridized carbons (Fsp3) is 0. The zero-order valence-corrected chi connectivity index (χ0v) is 19.0. The van der Waals surface area contributed by atoms with Crippen molar-refractivity contribution in [1.82, 2.24) is 9.97 Å². The predicted molar refractivity (Wildman–Crippen MR) is 133 cm³/mol. The second-order valence-corrected chi connectivity index (χ2v) is 10.2. The fourth-order valence-corrected chi connectivity index (χ4v) is 6.20. The lowest BCUT2D eigenvalue weighted by Crippen LogP contribution is -1.90. The topological polar surface area (TPSA) is 25.8 Å². The molecular weight excluding hydrogens is 445 g/mol. The van der Waals surface area contributed by atoms with Crippen LogP contribution in [0.2, 0.25) is 0 Å². The quantitative estimate of drug-likeness (QED) is 0.257. The molecule has 0 aliphatic heterocycles. The van der Waals surface area contributed by atoms with E-state index in [2.05, 4.69) is 92.2 Å². The van der Waals surface area contributed by atoms with E-state index in [1.165, 1.54) is 30.7 Å². The summed E-state index contributed by atoms with van der Waals surface area (Å²) in [6, 6.07) is 16.9. The summed E-state index contributed by atoms with van der Waals surface area (Å²) < 4.78 is 0.